The van der Waals surface area contributed by atoms with Crippen LogP contribution in [0, 0.1) is 0 Å². The van der Waals surface area contributed by atoms with Gasteiger partial charge in [0, 0.05) is 10.9 Å². The van der Waals surface area contributed by atoms with Crippen molar-refractivity contribution in [2.45, 2.75) is 24.7 Å². The van der Waals surface area contributed by atoms with Crippen molar-refractivity contribution in [1.29, 1.82) is 0 Å². The van der Waals surface area contributed by atoms with Gasteiger partial charge in [0.05, 0.1) is 17.7 Å². The van der Waals surface area contributed by atoms with Crippen LogP contribution in [-0.4, -0.2) is 11.2 Å². The third-order valence-corrected chi connectivity index (χ3v) is 4.11. The Kier molecular flexibility index (Phi) is 7.07. The lowest BCUT2D eigenvalue weighted by molar-refractivity contribution is -0.137. The molecule has 2 rings (SSSR count). The molecule has 23 heavy (non-hydrogen) atoms. The van der Waals surface area contributed by atoms with Gasteiger partial charge in [0.1, 0.15) is 0 Å². The first-order chi connectivity index (χ1) is 10.3. The summed E-state index contributed by atoms with van der Waals surface area (Å²) in [6.07, 6.45) is -5.16. The summed E-state index contributed by atoms with van der Waals surface area (Å²) >= 11 is 3.19. The van der Waals surface area contributed by atoms with Crippen molar-refractivity contribution >= 4 is 28.3 Å². The van der Waals surface area contributed by atoms with E-state index in [1.54, 1.807) is 0 Å². The van der Waals surface area contributed by atoms with Crippen LogP contribution in [0.25, 0.3) is 0 Å². The normalized spacial score (nSPS) is 14.0. The molecule has 2 aromatic carbocycles. The smallest absolute Gasteiger partial charge is 0.391 e. The minimum Gasteiger partial charge on any atom is -0.391 e. The maximum atomic E-state index is 12.8. The molecule has 0 bridgehead atoms. The van der Waals surface area contributed by atoms with E-state index in [0.717, 1.165) is 17.7 Å². The molecule has 126 valence electrons. The average Bonchev–Trinajstić information content (AvgIpc) is 2.46. The highest BCUT2D eigenvalue weighted by Gasteiger charge is 2.32. The quantitative estimate of drug-likeness (QED) is 0.780. The van der Waals surface area contributed by atoms with Crippen LogP contribution < -0.4 is 5.73 Å². The molecular formula is C16H16BrClF3NO. The Morgan fingerprint density at radius 2 is 1.70 bits per heavy atom. The lowest BCUT2D eigenvalue weighted by Crippen LogP contribution is -2.28. The average molecular weight is 411 g/mol. The van der Waals surface area contributed by atoms with E-state index in [-0.39, 0.29) is 24.4 Å². The summed E-state index contributed by atoms with van der Waals surface area (Å²) in [6, 6.07) is 11.5. The van der Waals surface area contributed by atoms with Crippen LogP contribution >= 0.6 is 28.3 Å². The number of nitrogens with two attached hydrogens (primary N) is 1. The van der Waals surface area contributed by atoms with Gasteiger partial charge < -0.3 is 10.8 Å². The highest BCUT2D eigenvalue weighted by atomic mass is 79.9. The third-order valence-electron chi connectivity index (χ3n) is 3.38. The Bertz CT molecular complexity index is 637. The van der Waals surface area contributed by atoms with Gasteiger partial charge in [-0.3, -0.25) is 0 Å². The number of rotatable bonds is 4. The first kappa shape index (κ1) is 20.0. The summed E-state index contributed by atoms with van der Waals surface area (Å²) in [4.78, 5) is 0. The number of aliphatic hydroxyl groups is 1. The maximum Gasteiger partial charge on any atom is 0.416 e. The minimum atomic E-state index is -4.44. The number of hydrogen-bond acceptors (Lipinski definition) is 2. The summed E-state index contributed by atoms with van der Waals surface area (Å²) in [5, 5.41) is 10.2. The number of halogens is 5. The first-order valence-electron chi connectivity index (χ1n) is 6.63. The molecule has 2 atom stereocenters. The van der Waals surface area contributed by atoms with E-state index in [9.17, 15) is 18.3 Å². The number of benzene rings is 2. The second-order valence-corrected chi connectivity index (χ2v) is 5.87. The zero-order valence-corrected chi connectivity index (χ0v) is 14.3. The van der Waals surface area contributed by atoms with Gasteiger partial charge in [0.25, 0.3) is 0 Å². The van der Waals surface area contributed by atoms with Crippen molar-refractivity contribution in [3.63, 3.8) is 0 Å². The van der Waals surface area contributed by atoms with Crippen LogP contribution in [0.4, 0.5) is 13.2 Å². The highest BCUT2D eigenvalue weighted by Crippen LogP contribution is 2.34. The summed E-state index contributed by atoms with van der Waals surface area (Å²) in [5.74, 6) is 0. The van der Waals surface area contributed by atoms with Gasteiger partial charge in [0.2, 0.25) is 0 Å². The van der Waals surface area contributed by atoms with Gasteiger partial charge >= 0.3 is 6.18 Å². The molecule has 0 aromatic heterocycles. The third kappa shape index (κ3) is 5.21. The predicted molar refractivity (Wildman–Crippen MR) is 89.5 cm³/mol. The molecule has 0 aliphatic carbocycles. The molecule has 0 aliphatic rings. The van der Waals surface area contributed by atoms with Gasteiger partial charge in [0.15, 0.2) is 0 Å². The zero-order valence-electron chi connectivity index (χ0n) is 11.9. The van der Waals surface area contributed by atoms with E-state index in [1.165, 1.54) is 6.07 Å². The Hall–Kier alpha value is -1.08. The lowest BCUT2D eigenvalue weighted by Gasteiger charge is -2.21. The maximum absolute atomic E-state index is 12.8. The van der Waals surface area contributed by atoms with E-state index in [1.807, 2.05) is 30.3 Å². The molecule has 0 saturated heterocycles. The number of alkyl halides is 3. The second kappa shape index (κ2) is 8.15. The summed E-state index contributed by atoms with van der Waals surface area (Å²) < 4.78 is 38.8. The molecule has 3 N–H and O–H groups in total. The minimum absolute atomic E-state index is 0. The van der Waals surface area contributed by atoms with Crippen molar-refractivity contribution < 1.29 is 18.3 Å². The van der Waals surface area contributed by atoms with Crippen LogP contribution in [0.5, 0.6) is 0 Å². The lowest BCUT2D eigenvalue weighted by atomic mass is 9.95. The number of aliphatic hydroxyl groups excluding tert-OH is 1. The Morgan fingerprint density at radius 1 is 1.09 bits per heavy atom. The molecule has 2 nitrogen and oxygen atoms in total. The molecule has 0 unspecified atom stereocenters. The molecule has 7 heteroatoms. The van der Waals surface area contributed by atoms with E-state index in [0.29, 0.717) is 4.47 Å². The first-order valence-corrected chi connectivity index (χ1v) is 7.42. The molecule has 0 fully saturated rings. The molecule has 0 spiro atoms. The van der Waals surface area contributed by atoms with Crippen molar-refractivity contribution in [3.8, 4) is 0 Å². The van der Waals surface area contributed by atoms with E-state index in [2.05, 4.69) is 15.9 Å². The van der Waals surface area contributed by atoms with Gasteiger partial charge in [-0.15, -0.1) is 12.4 Å². The van der Waals surface area contributed by atoms with Gasteiger partial charge in [-0.2, -0.15) is 13.2 Å². The van der Waals surface area contributed by atoms with Gasteiger partial charge in [-0.1, -0.05) is 46.3 Å². The molecular weight excluding hydrogens is 395 g/mol. The summed E-state index contributed by atoms with van der Waals surface area (Å²) in [6.45, 7) is 0. The SMILES string of the molecule is Cl.N[C@@H](c1cc(C(F)(F)F)ccc1Br)[C@H](O)Cc1ccccc1. The van der Waals surface area contributed by atoms with Gasteiger partial charge in [-0.05, 0) is 29.3 Å². The zero-order chi connectivity index (χ0) is 16.3. The van der Waals surface area contributed by atoms with E-state index < -0.39 is 23.9 Å². The number of hydrogen-bond donors (Lipinski definition) is 2. The van der Waals surface area contributed by atoms with Crippen molar-refractivity contribution in [1.82, 2.24) is 0 Å². The van der Waals surface area contributed by atoms with Crippen molar-refractivity contribution in [3.05, 3.63) is 69.7 Å². The fourth-order valence-electron chi connectivity index (χ4n) is 2.17. The molecule has 0 heterocycles. The topological polar surface area (TPSA) is 46.2 Å². The van der Waals surface area contributed by atoms with E-state index >= 15 is 0 Å². The predicted octanol–water partition coefficient (Wildman–Crippen LogP) is 4.49. The molecule has 0 saturated carbocycles. The largest absolute Gasteiger partial charge is 0.416 e. The van der Waals surface area contributed by atoms with Crippen molar-refractivity contribution in [2.75, 3.05) is 0 Å². The molecule has 0 aliphatic heterocycles. The highest BCUT2D eigenvalue weighted by molar-refractivity contribution is 9.10. The van der Waals surface area contributed by atoms with Crippen LogP contribution in [-0.2, 0) is 12.6 Å². The monoisotopic (exact) mass is 409 g/mol. The Labute approximate surface area is 147 Å². The Morgan fingerprint density at radius 3 is 2.26 bits per heavy atom. The van der Waals surface area contributed by atoms with Gasteiger partial charge in [-0.25, -0.2) is 0 Å². The summed E-state index contributed by atoms with van der Waals surface area (Å²) in [5.41, 5.74) is 6.27. The van der Waals surface area contributed by atoms with Crippen LogP contribution in [0.2, 0.25) is 0 Å². The second-order valence-electron chi connectivity index (χ2n) is 5.02. The van der Waals surface area contributed by atoms with Crippen LogP contribution in [0.1, 0.15) is 22.7 Å². The molecule has 0 amide bonds. The van der Waals surface area contributed by atoms with Crippen LogP contribution in [0.3, 0.4) is 0 Å². The summed E-state index contributed by atoms with van der Waals surface area (Å²) in [7, 11) is 0. The fourth-order valence-corrected chi connectivity index (χ4v) is 2.68. The van der Waals surface area contributed by atoms with E-state index in [4.69, 9.17) is 5.73 Å². The van der Waals surface area contributed by atoms with Crippen molar-refractivity contribution in [2.24, 2.45) is 5.73 Å². The standard InChI is InChI=1S/C16H15BrF3NO.ClH/c17-13-7-6-11(16(18,19)20)9-12(13)15(21)14(22)8-10-4-2-1-3-5-10;/h1-7,9,14-15,22H,8,21H2;1H/t14-,15+;/m1./s1. The Balaban J connectivity index is 0.00000264. The molecule has 0 radical (unpaired) electrons. The molecule has 2 aromatic rings. The fraction of sp³-hybridized carbons (Fsp3) is 0.250. The van der Waals surface area contributed by atoms with Crippen LogP contribution in [0.15, 0.2) is 53.0 Å².